The van der Waals surface area contributed by atoms with Crippen LogP contribution in [0.25, 0.3) is 134 Å². The van der Waals surface area contributed by atoms with Crippen LogP contribution in [0.5, 0.6) is 0 Å². The molecule has 19 rings (SSSR count). The number of benzene rings is 15. The summed E-state index contributed by atoms with van der Waals surface area (Å²) in [6, 6.07) is 110. The second-order valence-electron chi connectivity index (χ2n) is 24.1. The van der Waals surface area contributed by atoms with Gasteiger partial charge in [-0.1, -0.05) is 259 Å². The van der Waals surface area contributed by atoms with Crippen molar-refractivity contribution in [3.63, 3.8) is 0 Å². The van der Waals surface area contributed by atoms with Gasteiger partial charge in [0.05, 0.1) is 11.0 Å². The third-order valence-electron chi connectivity index (χ3n) is 17.4. The molecule has 0 spiro atoms. The van der Waals surface area contributed by atoms with E-state index in [1.54, 1.807) is 0 Å². The molecule has 0 amide bonds. The lowest BCUT2D eigenvalue weighted by Gasteiger charge is -2.07. The monoisotopic (exact) mass is 1200 g/mol. The first kappa shape index (κ1) is 58.6. The molecular formula is C88H70N2OS. The standard InChI is InChI=1S/C19H15N.2C15H12.C13H11N.C13H10O.C13H10S/c1-14-11-12-19-17(13-14)16-9-5-6-10-18(16)20(19)15-7-3-2-4-8-15;1-11-6-9-15-13(10-11)8-7-12-4-2-3-5-14(12)15;1-11-6-7-13-9-8-12-4-2-3-5-14(12)15(13)10-11;1-9-6-7-13-11(8-9)10-4-2-3-5-12(10)14-13;2*1-9-6-7-11-10-4-2-3-5-12(10)14-13(11)8-9/h2-13H,1H3;2*2-10H,1H3;2-8,14H,1H3;2*2-8H,1H3. The minimum atomic E-state index is 0.966. The molecule has 4 heterocycles. The average molecular weight is 1200 g/mol. The minimum absolute atomic E-state index is 0.966. The van der Waals surface area contributed by atoms with Gasteiger partial charge in [0.2, 0.25) is 0 Å². The van der Waals surface area contributed by atoms with Crippen LogP contribution in [0.4, 0.5) is 0 Å². The van der Waals surface area contributed by atoms with Gasteiger partial charge in [-0.05, 0) is 169 Å². The Morgan fingerprint density at radius 1 is 0.250 bits per heavy atom. The van der Waals surface area contributed by atoms with Crippen molar-refractivity contribution in [3.8, 4) is 5.69 Å². The van der Waals surface area contributed by atoms with Gasteiger partial charge in [0.25, 0.3) is 0 Å². The maximum atomic E-state index is 5.73. The Hall–Kier alpha value is -11.0. The predicted molar refractivity (Wildman–Crippen MR) is 401 cm³/mol. The van der Waals surface area contributed by atoms with Gasteiger partial charge in [-0.25, -0.2) is 0 Å². The van der Waals surface area contributed by atoms with Crippen LogP contribution in [-0.4, -0.2) is 9.55 Å². The number of fused-ring (bicyclic) bond motifs is 18. The molecule has 0 fully saturated rings. The molecule has 0 saturated carbocycles. The Labute approximate surface area is 540 Å². The Morgan fingerprint density at radius 2 is 0.685 bits per heavy atom. The lowest BCUT2D eigenvalue weighted by molar-refractivity contribution is 0.668. The lowest BCUT2D eigenvalue weighted by Crippen LogP contribution is -1.92. The van der Waals surface area contributed by atoms with Gasteiger partial charge >= 0.3 is 0 Å². The summed E-state index contributed by atoms with van der Waals surface area (Å²) < 4.78 is 10.8. The summed E-state index contributed by atoms with van der Waals surface area (Å²) >= 11 is 1.88. The zero-order valence-electron chi connectivity index (χ0n) is 52.7. The predicted octanol–water partition coefficient (Wildman–Crippen LogP) is 25.6. The topological polar surface area (TPSA) is 33.9 Å². The number of thiophene rings is 1. The van der Waals surface area contributed by atoms with E-state index >= 15 is 0 Å². The highest BCUT2D eigenvalue weighted by atomic mass is 32.1. The van der Waals surface area contributed by atoms with Gasteiger partial charge in [0.1, 0.15) is 11.2 Å². The highest BCUT2D eigenvalue weighted by Gasteiger charge is 2.12. The molecule has 3 nitrogen and oxygen atoms in total. The van der Waals surface area contributed by atoms with Crippen LogP contribution in [0.1, 0.15) is 33.4 Å². The fourth-order valence-corrected chi connectivity index (χ4v) is 14.0. The van der Waals surface area contributed by atoms with E-state index in [0.29, 0.717) is 0 Å². The quantitative estimate of drug-likeness (QED) is 0.163. The minimum Gasteiger partial charge on any atom is -0.456 e. The largest absolute Gasteiger partial charge is 0.456 e. The van der Waals surface area contributed by atoms with E-state index in [1.165, 1.54) is 157 Å². The van der Waals surface area contributed by atoms with Crippen molar-refractivity contribution < 1.29 is 4.42 Å². The molecule has 0 aliphatic rings. The van der Waals surface area contributed by atoms with Gasteiger partial charge in [0.15, 0.2) is 0 Å². The van der Waals surface area contributed by atoms with E-state index in [-0.39, 0.29) is 0 Å². The Morgan fingerprint density at radius 3 is 1.43 bits per heavy atom. The number of furan rings is 1. The zero-order chi connectivity index (χ0) is 62.7. The van der Waals surface area contributed by atoms with Gasteiger partial charge in [0, 0.05) is 69.2 Å². The van der Waals surface area contributed by atoms with Crippen molar-refractivity contribution in [1.82, 2.24) is 9.55 Å². The first-order chi connectivity index (χ1) is 45.1. The molecule has 0 saturated heterocycles. The first-order valence-corrected chi connectivity index (χ1v) is 32.4. The number of aromatic nitrogens is 2. The number of hydrogen-bond donors (Lipinski definition) is 1. The third kappa shape index (κ3) is 12.1. The Kier molecular flexibility index (Phi) is 16.5. The number of hydrogen-bond acceptors (Lipinski definition) is 2. The van der Waals surface area contributed by atoms with Crippen LogP contribution in [0.15, 0.2) is 314 Å². The van der Waals surface area contributed by atoms with Crippen molar-refractivity contribution in [2.24, 2.45) is 0 Å². The maximum Gasteiger partial charge on any atom is 0.135 e. The molecule has 0 unspecified atom stereocenters. The van der Waals surface area contributed by atoms with Gasteiger partial charge < -0.3 is 14.0 Å². The lowest BCUT2D eigenvalue weighted by atomic mass is 10.0. The molecule has 19 aromatic rings. The molecule has 0 atom stereocenters. The number of H-pyrrole nitrogens is 1. The number of rotatable bonds is 1. The highest BCUT2D eigenvalue weighted by Crippen LogP contribution is 2.36. The number of para-hydroxylation sites is 4. The Bertz CT molecular complexity index is 5740. The van der Waals surface area contributed by atoms with Crippen molar-refractivity contribution in [1.29, 1.82) is 0 Å². The fraction of sp³-hybridized carbons (Fsp3) is 0.0682. The van der Waals surface area contributed by atoms with Crippen LogP contribution in [0.3, 0.4) is 0 Å². The molecule has 92 heavy (non-hydrogen) atoms. The fourth-order valence-electron chi connectivity index (χ4n) is 12.8. The second-order valence-corrected chi connectivity index (χ2v) is 25.2. The summed E-state index contributed by atoms with van der Waals surface area (Å²) in [7, 11) is 0. The van der Waals surface area contributed by atoms with Gasteiger partial charge in [-0.2, -0.15) is 0 Å². The summed E-state index contributed by atoms with van der Waals surface area (Å²) in [6.45, 7) is 12.8. The molecule has 0 aliphatic heterocycles. The van der Waals surface area contributed by atoms with E-state index in [4.69, 9.17) is 4.42 Å². The van der Waals surface area contributed by atoms with Crippen LogP contribution in [0.2, 0.25) is 0 Å². The second kappa shape index (κ2) is 25.8. The van der Waals surface area contributed by atoms with E-state index in [2.05, 4.69) is 342 Å². The van der Waals surface area contributed by atoms with Crippen molar-refractivity contribution in [2.45, 2.75) is 41.5 Å². The van der Waals surface area contributed by atoms with Crippen molar-refractivity contribution in [2.75, 3.05) is 0 Å². The number of nitrogens with zero attached hydrogens (tertiary/aromatic N) is 1. The van der Waals surface area contributed by atoms with E-state index in [0.717, 1.165) is 11.2 Å². The smallest absolute Gasteiger partial charge is 0.135 e. The third-order valence-corrected chi connectivity index (χ3v) is 18.5. The SMILES string of the molecule is Cc1ccc2[nH]c3ccccc3c2c1.Cc1ccc2c(c1)c1ccccc1n2-c1ccccc1.Cc1ccc2c(c1)oc1ccccc12.Cc1ccc2c(c1)sc1ccccc12.Cc1ccc2c(ccc3ccccc32)c1.Cc1ccc2ccc3ccccc3c2c1. The highest BCUT2D eigenvalue weighted by molar-refractivity contribution is 7.25. The zero-order valence-corrected chi connectivity index (χ0v) is 53.5. The van der Waals surface area contributed by atoms with E-state index in [1.807, 2.05) is 29.5 Å². The van der Waals surface area contributed by atoms with E-state index in [9.17, 15) is 0 Å². The van der Waals surface area contributed by atoms with Crippen LogP contribution < -0.4 is 0 Å². The van der Waals surface area contributed by atoms with Crippen LogP contribution >= 0.6 is 11.3 Å². The number of aryl methyl sites for hydroxylation is 6. The molecule has 444 valence electrons. The first-order valence-electron chi connectivity index (χ1n) is 31.6. The summed E-state index contributed by atoms with van der Waals surface area (Å²) in [4.78, 5) is 3.41. The van der Waals surface area contributed by atoms with Gasteiger partial charge in [-0.3, -0.25) is 0 Å². The summed E-state index contributed by atoms with van der Waals surface area (Å²) in [5, 5.41) is 21.1. The molecular weight excluding hydrogens is 1130 g/mol. The number of nitrogens with one attached hydrogen (secondary N) is 1. The molecule has 4 heteroatoms. The van der Waals surface area contributed by atoms with Crippen LogP contribution in [-0.2, 0) is 0 Å². The van der Waals surface area contributed by atoms with Crippen molar-refractivity contribution >= 4 is 140 Å². The molecule has 15 aromatic carbocycles. The molecule has 4 aromatic heterocycles. The van der Waals surface area contributed by atoms with Gasteiger partial charge in [-0.15, -0.1) is 11.3 Å². The molecule has 1 N–H and O–H groups in total. The summed E-state index contributed by atoms with van der Waals surface area (Å²) in [5.74, 6) is 0. The summed E-state index contributed by atoms with van der Waals surface area (Å²) in [6.07, 6.45) is 0. The van der Waals surface area contributed by atoms with Crippen LogP contribution in [0, 0.1) is 41.5 Å². The summed E-state index contributed by atoms with van der Waals surface area (Å²) in [5.41, 5.74) is 15.9. The maximum absolute atomic E-state index is 5.73. The Balaban J connectivity index is 0.0000000963. The van der Waals surface area contributed by atoms with E-state index < -0.39 is 0 Å². The normalized spacial score (nSPS) is 11.2. The molecule has 0 bridgehead atoms. The average Bonchev–Trinajstić information content (AvgIpc) is 1.62. The molecule has 0 radical (unpaired) electrons. The molecule has 0 aliphatic carbocycles. The number of aromatic amines is 1. The van der Waals surface area contributed by atoms with Crippen molar-refractivity contribution in [3.05, 3.63) is 343 Å².